The van der Waals surface area contributed by atoms with Crippen LogP contribution in [0.4, 0.5) is 14.9 Å². The molecule has 0 fully saturated rings. The number of hydrogen-bond donors (Lipinski definition) is 4. The summed E-state index contributed by atoms with van der Waals surface area (Å²) in [6, 6.07) is 3.73. The first kappa shape index (κ1) is 17.2. The molecule has 0 bridgehead atoms. The number of benzene rings is 1. The van der Waals surface area contributed by atoms with Gasteiger partial charge in [-0.05, 0) is 38.5 Å². The maximum atomic E-state index is 13.3. The largest absolute Gasteiger partial charge is 0.444 e. The molecule has 5 N–H and O–H groups in total. The molecule has 0 aliphatic heterocycles. The fourth-order valence-electron chi connectivity index (χ4n) is 1.56. The number of rotatable bonds is 4. The van der Waals surface area contributed by atoms with Crippen molar-refractivity contribution >= 4 is 11.8 Å². The Bertz CT molecular complexity index is 502. The lowest BCUT2D eigenvalue weighted by Crippen LogP contribution is -2.38. The zero-order chi connectivity index (χ0) is 16.2. The summed E-state index contributed by atoms with van der Waals surface area (Å²) in [5.74, 6) is -0.682. The van der Waals surface area contributed by atoms with Crippen molar-refractivity contribution in [1.82, 2.24) is 5.32 Å². The summed E-state index contributed by atoms with van der Waals surface area (Å²) in [5.41, 5.74) is 4.79. The van der Waals surface area contributed by atoms with E-state index in [2.05, 4.69) is 5.32 Å². The predicted molar refractivity (Wildman–Crippen MR) is 76.0 cm³/mol. The van der Waals surface area contributed by atoms with Crippen molar-refractivity contribution in [2.45, 2.75) is 38.6 Å². The fraction of sp³-hybridized carbons (Fsp3) is 0.500. The molecule has 118 valence electrons. The van der Waals surface area contributed by atoms with Crippen LogP contribution in [0.5, 0.6) is 0 Å². The first-order valence-corrected chi connectivity index (χ1v) is 6.48. The number of carbonyl (C=O) groups excluding carboxylic acids is 1. The van der Waals surface area contributed by atoms with Crippen LogP contribution in [0.15, 0.2) is 18.2 Å². The maximum absolute atomic E-state index is 13.3. The second kappa shape index (κ2) is 6.73. The quantitative estimate of drug-likeness (QED) is 0.628. The van der Waals surface area contributed by atoms with Crippen molar-refractivity contribution in [3.8, 4) is 0 Å². The van der Waals surface area contributed by atoms with Gasteiger partial charge in [0.25, 0.3) is 0 Å². The third-order valence-electron chi connectivity index (χ3n) is 2.58. The summed E-state index contributed by atoms with van der Waals surface area (Å²) in [7, 11) is 0. The highest BCUT2D eigenvalue weighted by Crippen LogP contribution is 2.20. The molecule has 1 aromatic rings. The highest BCUT2D eigenvalue weighted by molar-refractivity contribution is 5.67. The van der Waals surface area contributed by atoms with E-state index in [4.69, 9.17) is 10.5 Å². The van der Waals surface area contributed by atoms with Crippen molar-refractivity contribution in [2.24, 2.45) is 0 Å². The second-order valence-corrected chi connectivity index (χ2v) is 5.68. The van der Waals surface area contributed by atoms with E-state index >= 15 is 0 Å². The number of nitrogens with two attached hydrogens (primary N) is 1. The molecule has 0 heterocycles. The van der Waals surface area contributed by atoms with Crippen LogP contribution >= 0.6 is 0 Å². The smallest absolute Gasteiger partial charge is 0.407 e. The van der Waals surface area contributed by atoms with Crippen LogP contribution in [0.2, 0.25) is 0 Å². The molecule has 2 unspecified atom stereocenters. The van der Waals surface area contributed by atoms with Gasteiger partial charge in [0.15, 0.2) is 0 Å². The first-order valence-electron chi connectivity index (χ1n) is 6.48. The van der Waals surface area contributed by atoms with Gasteiger partial charge in [0.1, 0.15) is 23.6 Å². The summed E-state index contributed by atoms with van der Waals surface area (Å²) in [5, 5.41) is 22.0. The average Bonchev–Trinajstić information content (AvgIpc) is 2.36. The molecule has 0 saturated carbocycles. The Balaban J connectivity index is 2.56. The molecule has 0 spiro atoms. The van der Waals surface area contributed by atoms with Crippen LogP contribution in [-0.4, -0.2) is 34.6 Å². The molecular formula is C14H21FN2O4. The number of aliphatic hydroxyl groups excluding tert-OH is 2. The van der Waals surface area contributed by atoms with E-state index in [1.807, 2.05) is 0 Å². The number of amides is 1. The number of halogens is 1. The van der Waals surface area contributed by atoms with Crippen molar-refractivity contribution < 1.29 is 24.1 Å². The van der Waals surface area contributed by atoms with E-state index < -0.39 is 29.7 Å². The maximum Gasteiger partial charge on any atom is 0.407 e. The third kappa shape index (κ3) is 5.57. The van der Waals surface area contributed by atoms with Crippen molar-refractivity contribution in [3.05, 3.63) is 29.6 Å². The van der Waals surface area contributed by atoms with Gasteiger partial charge in [-0.2, -0.15) is 0 Å². The zero-order valence-corrected chi connectivity index (χ0v) is 12.3. The molecule has 0 aliphatic rings. The first-order chi connectivity index (χ1) is 9.60. The van der Waals surface area contributed by atoms with Crippen molar-refractivity contribution in [1.29, 1.82) is 0 Å². The van der Waals surface area contributed by atoms with Gasteiger partial charge in [-0.25, -0.2) is 9.18 Å². The standard InChI is InChI=1S/C14H21FN2O4/c1-14(2,3)21-13(20)17-7-11(18)12(19)8-4-5-10(16)9(15)6-8/h4-6,11-12,18-19H,7,16H2,1-3H3,(H,17,20). The van der Waals surface area contributed by atoms with Gasteiger partial charge in [0.2, 0.25) is 0 Å². The van der Waals surface area contributed by atoms with E-state index in [1.54, 1.807) is 20.8 Å². The number of anilines is 1. The van der Waals surface area contributed by atoms with Gasteiger partial charge in [-0.3, -0.25) is 0 Å². The molecule has 2 atom stereocenters. The number of ether oxygens (including phenoxy) is 1. The van der Waals surface area contributed by atoms with Crippen LogP contribution in [-0.2, 0) is 4.74 Å². The molecular weight excluding hydrogens is 279 g/mol. The highest BCUT2D eigenvalue weighted by Gasteiger charge is 2.22. The summed E-state index contributed by atoms with van der Waals surface area (Å²) in [6.07, 6.45) is -3.37. The summed E-state index contributed by atoms with van der Waals surface area (Å²) >= 11 is 0. The number of nitrogen functional groups attached to an aromatic ring is 1. The number of hydrogen-bond acceptors (Lipinski definition) is 5. The van der Waals surface area contributed by atoms with Crippen LogP contribution in [0.25, 0.3) is 0 Å². The van der Waals surface area contributed by atoms with E-state index in [1.165, 1.54) is 12.1 Å². The topological polar surface area (TPSA) is 105 Å². The Morgan fingerprint density at radius 2 is 2.05 bits per heavy atom. The molecule has 6 nitrogen and oxygen atoms in total. The van der Waals surface area contributed by atoms with Crippen LogP contribution in [0.1, 0.15) is 32.4 Å². The van der Waals surface area contributed by atoms with Crippen LogP contribution in [0.3, 0.4) is 0 Å². The predicted octanol–water partition coefficient (Wildman–Crippen LogP) is 1.33. The third-order valence-corrected chi connectivity index (χ3v) is 2.58. The zero-order valence-electron chi connectivity index (χ0n) is 12.3. The Morgan fingerprint density at radius 3 is 2.57 bits per heavy atom. The van der Waals surface area contributed by atoms with E-state index in [9.17, 15) is 19.4 Å². The van der Waals surface area contributed by atoms with E-state index in [-0.39, 0.29) is 17.8 Å². The SMILES string of the molecule is CC(C)(C)OC(=O)NCC(O)C(O)c1ccc(N)c(F)c1. The summed E-state index contributed by atoms with van der Waals surface area (Å²) in [4.78, 5) is 11.4. The number of alkyl carbamates (subject to hydrolysis) is 1. The van der Waals surface area contributed by atoms with Gasteiger partial charge in [-0.15, -0.1) is 0 Å². The van der Waals surface area contributed by atoms with Gasteiger partial charge in [-0.1, -0.05) is 6.07 Å². The van der Waals surface area contributed by atoms with Gasteiger partial charge < -0.3 is 26.0 Å². The molecule has 21 heavy (non-hydrogen) atoms. The Hall–Kier alpha value is -1.86. The lowest BCUT2D eigenvalue weighted by atomic mass is 10.0. The molecule has 0 aromatic heterocycles. The van der Waals surface area contributed by atoms with E-state index in [0.29, 0.717) is 0 Å². The van der Waals surface area contributed by atoms with E-state index in [0.717, 1.165) is 6.07 Å². The summed E-state index contributed by atoms with van der Waals surface area (Å²) < 4.78 is 18.3. The molecule has 1 amide bonds. The van der Waals surface area contributed by atoms with Gasteiger partial charge in [0.05, 0.1) is 5.69 Å². The molecule has 0 aliphatic carbocycles. The highest BCUT2D eigenvalue weighted by atomic mass is 19.1. The van der Waals surface area contributed by atoms with Crippen LogP contribution < -0.4 is 11.1 Å². The van der Waals surface area contributed by atoms with Gasteiger partial charge >= 0.3 is 6.09 Å². The Kier molecular flexibility index (Phi) is 5.51. The normalized spacial score (nSPS) is 14.4. The second-order valence-electron chi connectivity index (χ2n) is 5.68. The molecule has 0 radical (unpaired) electrons. The number of nitrogens with one attached hydrogen (secondary N) is 1. The minimum atomic E-state index is -1.35. The lowest BCUT2D eigenvalue weighted by molar-refractivity contribution is 0.0128. The monoisotopic (exact) mass is 300 g/mol. The molecule has 7 heteroatoms. The molecule has 1 aromatic carbocycles. The van der Waals surface area contributed by atoms with Crippen molar-refractivity contribution in [2.75, 3.05) is 12.3 Å². The Morgan fingerprint density at radius 1 is 1.43 bits per heavy atom. The minimum absolute atomic E-state index is 0.0488. The Labute approximate surface area is 122 Å². The van der Waals surface area contributed by atoms with Crippen LogP contribution in [0, 0.1) is 5.82 Å². The fourth-order valence-corrected chi connectivity index (χ4v) is 1.56. The minimum Gasteiger partial charge on any atom is -0.444 e. The number of aliphatic hydroxyl groups is 2. The van der Waals surface area contributed by atoms with Crippen molar-refractivity contribution in [3.63, 3.8) is 0 Å². The van der Waals surface area contributed by atoms with Gasteiger partial charge in [0, 0.05) is 6.54 Å². The average molecular weight is 300 g/mol. The lowest BCUT2D eigenvalue weighted by Gasteiger charge is -2.22. The number of carbonyl (C=O) groups is 1. The molecule has 1 rings (SSSR count). The summed E-state index contributed by atoms with van der Waals surface area (Å²) in [6.45, 7) is 4.88. The molecule has 0 saturated heterocycles.